The number of aromatic nitrogens is 1. The maximum absolute atomic E-state index is 12.2. The third-order valence-electron chi connectivity index (χ3n) is 2.58. The highest BCUT2D eigenvalue weighted by Gasteiger charge is 2.21. The van der Waals surface area contributed by atoms with Crippen LogP contribution < -0.4 is 4.72 Å². The van der Waals surface area contributed by atoms with Crippen molar-refractivity contribution in [3.05, 3.63) is 56.8 Å². The van der Waals surface area contributed by atoms with E-state index >= 15 is 0 Å². The first-order valence-corrected chi connectivity index (χ1v) is 7.95. The highest BCUT2D eigenvalue weighted by Crippen LogP contribution is 2.28. The molecule has 0 aliphatic rings. The van der Waals surface area contributed by atoms with E-state index in [9.17, 15) is 18.5 Å². The fraction of sp³-hybridized carbons (Fsp3) is 0.0833. The second-order valence-corrected chi connectivity index (χ2v) is 6.82. The van der Waals surface area contributed by atoms with Gasteiger partial charge in [0.05, 0.1) is 4.92 Å². The van der Waals surface area contributed by atoms with E-state index in [1.54, 1.807) is 13.0 Å². The first-order valence-electron chi connectivity index (χ1n) is 5.68. The zero-order valence-electron chi connectivity index (χ0n) is 10.8. The Morgan fingerprint density at radius 3 is 2.62 bits per heavy atom. The lowest BCUT2D eigenvalue weighted by Gasteiger charge is -2.09. The Morgan fingerprint density at radius 1 is 1.29 bits per heavy atom. The summed E-state index contributed by atoms with van der Waals surface area (Å²) in [5, 5.41) is 11.0. The fourth-order valence-electron chi connectivity index (χ4n) is 1.62. The van der Waals surface area contributed by atoms with Crippen LogP contribution in [0.4, 0.5) is 11.4 Å². The molecule has 0 radical (unpaired) electrons. The van der Waals surface area contributed by atoms with Gasteiger partial charge < -0.3 is 0 Å². The minimum absolute atomic E-state index is 0.0910. The molecule has 0 saturated carbocycles. The van der Waals surface area contributed by atoms with Crippen LogP contribution in [0.15, 0.2) is 46.0 Å². The SMILES string of the molecule is Cc1ccc(NS(=O)(=O)c2cncc(Br)c2)c([N+](=O)[O-])c1. The molecule has 110 valence electrons. The van der Waals surface area contributed by atoms with Crippen LogP contribution in [-0.2, 0) is 10.0 Å². The second-order valence-electron chi connectivity index (χ2n) is 4.22. The number of benzene rings is 1. The fourth-order valence-corrected chi connectivity index (χ4v) is 3.20. The summed E-state index contributed by atoms with van der Waals surface area (Å²) in [6.07, 6.45) is 2.60. The molecule has 0 aliphatic heterocycles. The van der Waals surface area contributed by atoms with Crippen molar-refractivity contribution in [1.29, 1.82) is 0 Å². The van der Waals surface area contributed by atoms with E-state index in [2.05, 4.69) is 25.6 Å². The predicted octanol–water partition coefficient (Wildman–Crippen LogP) is 2.86. The van der Waals surface area contributed by atoms with Gasteiger partial charge >= 0.3 is 0 Å². The summed E-state index contributed by atoms with van der Waals surface area (Å²) in [5.41, 5.74) is 0.265. The number of nitrogens with one attached hydrogen (secondary N) is 1. The van der Waals surface area contributed by atoms with Crippen LogP contribution >= 0.6 is 15.9 Å². The van der Waals surface area contributed by atoms with Crippen molar-refractivity contribution in [3.8, 4) is 0 Å². The number of sulfonamides is 1. The average Bonchev–Trinajstić information content (AvgIpc) is 2.40. The number of nitrogens with zero attached hydrogens (tertiary/aromatic N) is 2. The number of nitro groups is 1. The van der Waals surface area contributed by atoms with Crippen molar-refractivity contribution in [2.75, 3.05) is 4.72 Å². The van der Waals surface area contributed by atoms with E-state index in [0.29, 0.717) is 10.0 Å². The van der Waals surface area contributed by atoms with Crippen molar-refractivity contribution < 1.29 is 13.3 Å². The lowest BCUT2D eigenvalue weighted by atomic mass is 10.2. The largest absolute Gasteiger partial charge is 0.293 e. The van der Waals surface area contributed by atoms with Gasteiger partial charge in [-0.1, -0.05) is 6.07 Å². The highest BCUT2D eigenvalue weighted by atomic mass is 79.9. The summed E-state index contributed by atoms with van der Waals surface area (Å²) >= 11 is 3.12. The van der Waals surface area contributed by atoms with Crippen molar-refractivity contribution >= 4 is 37.3 Å². The molecule has 0 amide bonds. The predicted molar refractivity (Wildman–Crippen MR) is 80.6 cm³/mol. The number of hydrogen-bond donors (Lipinski definition) is 1. The zero-order valence-corrected chi connectivity index (χ0v) is 13.2. The standard InChI is InChI=1S/C12H10BrN3O4S/c1-8-2-3-11(12(4-8)16(17)18)15-21(19,20)10-5-9(13)6-14-7-10/h2-7,15H,1H3. The molecule has 1 aromatic carbocycles. The Hall–Kier alpha value is -2.00. The summed E-state index contributed by atoms with van der Waals surface area (Å²) in [5.74, 6) is 0. The summed E-state index contributed by atoms with van der Waals surface area (Å²) in [4.78, 5) is 14.0. The van der Waals surface area contributed by atoms with Gasteiger partial charge in [-0.3, -0.25) is 19.8 Å². The molecule has 1 heterocycles. The average molecular weight is 372 g/mol. The minimum Gasteiger partial charge on any atom is -0.273 e. The maximum atomic E-state index is 12.2. The summed E-state index contributed by atoms with van der Waals surface area (Å²) in [6.45, 7) is 1.68. The van der Waals surface area contributed by atoms with Gasteiger partial charge in [-0.15, -0.1) is 0 Å². The summed E-state index contributed by atoms with van der Waals surface area (Å²) in [6, 6.07) is 5.60. The van der Waals surface area contributed by atoms with Gasteiger partial charge in [0.15, 0.2) is 0 Å². The smallest absolute Gasteiger partial charge is 0.273 e. The van der Waals surface area contributed by atoms with Crippen LogP contribution in [0.3, 0.4) is 0 Å². The van der Waals surface area contributed by atoms with E-state index in [1.807, 2.05) is 0 Å². The summed E-state index contributed by atoms with van der Waals surface area (Å²) < 4.78 is 27.1. The van der Waals surface area contributed by atoms with Gasteiger partial charge in [0.1, 0.15) is 10.6 Å². The van der Waals surface area contributed by atoms with Crippen LogP contribution in [0, 0.1) is 17.0 Å². The molecule has 0 unspecified atom stereocenters. The molecular weight excluding hydrogens is 362 g/mol. The zero-order chi connectivity index (χ0) is 15.6. The monoisotopic (exact) mass is 371 g/mol. The number of nitro benzene ring substituents is 1. The van der Waals surface area contributed by atoms with Crippen LogP contribution in [0.25, 0.3) is 0 Å². The van der Waals surface area contributed by atoms with Gasteiger partial charge in [0.25, 0.3) is 15.7 Å². The maximum Gasteiger partial charge on any atom is 0.293 e. The molecule has 2 rings (SSSR count). The number of anilines is 1. The Labute approximate surface area is 129 Å². The first kappa shape index (κ1) is 15.4. The third kappa shape index (κ3) is 3.56. The molecule has 0 saturated heterocycles. The van der Waals surface area contributed by atoms with Crippen LogP contribution in [-0.4, -0.2) is 18.3 Å². The van der Waals surface area contributed by atoms with E-state index < -0.39 is 14.9 Å². The molecule has 0 atom stereocenters. The second kappa shape index (κ2) is 5.78. The van der Waals surface area contributed by atoms with Gasteiger partial charge in [-0.2, -0.15) is 0 Å². The Bertz CT molecular complexity index is 808. The third-order valence-corrected chi connectivity index (χ3v) is 4.35. The summed E-state index contributed by atoms with van der Waals surface area (Å²) in [7, 11) is -3.95. The van der Waals surface area contributed by atoms with Gasteiger partial charge in [-0.25, -0.2) is 8.42 Å². The molecule has 0 spiro atoms. The Kier molecular flexibility index (Phi) is 4.24. The van der Waals surface area contributed by atoms with Crippen LogP contribution in [0.5, 0.6) is 0 Å². The Balaban J connectivity index is 2.44. The molecule has 9 heteroatoms. The quantitative estimate of drug-likeness (QED) is 0.657. The number of rotatable bonds is 4. The normalized spacial score (nSPS) is 11.1. The molecule has 7 nitrogen and oxygen atoms in total. The molecule has 0 fully saturated rings. The lowest BCUT2D eigenvalue weighted by Crippen LogP contribution is -2.14. The van der Waals surface area contributed by atoms with Crippen LogP contribution in [0.1, 0.15) is 5.56 Å². The van der Waals surface area contributed by atoms with Gasteiger partial charge in [-0.05, 0) is 40.5 Å². The number of pyridine rings is 1. The van der Waals surface area contributed by atoms with Gasteiger partial charge in [0, 0.05) is 22.9 Å². The van der Waals surface area contributed by atoms with E-state index in [1.165, 1.54) is 24.4 Å². The van der Waals surface area contributed by atoms with Crippen molar-refractivity contribution in [1.82, 2.24) is 4.98 Å². The molecule has 21 heavy (non-hydrogen) atoms. The molecule has 0 bridgehead atoms. The highest BCUT2D eigenvalue weighted by molar-refractivity contribution is 9.10. The van der Waals surface area contributed by atoms with E-state index in [-0.39, 0.29) is 16.3 Å². The molecule has 1 aromatic heterocycles. The van der Waals surface area contributed by atoms with Crippen molar-refractivity contribution in [2.45, 2.75) is 11.8 Å². The van der Waals surface area contributed by atoms with Crippen molar-refractivity contribution in [2.24, 2.45) is 0 Å². The molecular formula is C12H10BrN3O4S. The van der Waals surface area contributed by atoms with E-state index in [0.717, 1.165) is 6.20 Å². The first-order chi connectivity index (χ1) is 9.79. The number of hydrogen-bond acceptors (Lipinski definition) is 5. The number of aryl methyl sites for hydroxylation is 1. The topological polar surface area (TPSA) is 102 Å². The van der Waals surface area contributed by atoms with Crippen molar-refractivity contribution in [3.63, 3.8) is 0 Å². The molecule has 1 N–H and O–H groups in total. The molecule has 0 aliphatic carbocycles. The molecule has 2 aromatic rings. The Morgan fingerprint density at radius 2 is 2.00 bits per heavy atom. The van der Waals surface area contributed by atoms with E-state index in [4.69, 9.17) is 0 Å². The minimum atomic E-state index is -3.95. The van der Waals surface area contributed by atoms with Gasteiger partial charge in [0.2, 0.25) is 0 Å². The van der Waals surface area contributed by atoms with Crippen LogP contribution in [0.2, 0.25) is 0 Å². The lowest BCUT2D eigenvalue weighted by molar-refractivity contribution is -0.383. The number of halogens is 1.